The van der Waals surface area contributed by atoms with E-state index in [1.54, 1.807) is 0 Å². The van der Waals surface area contributed by atoms with Crippen molar-refractivity contribution in [3.8, 4) is 33.6 Å². The summed E-state index contributed by atoms with van der Waals surface area (Å²) in [6.45, 7) is 12.6. The van der Waals surface area contributed by atoms with Crippen LogP contribution in [0.25, 0.3) is 44.4 Å². The van der Waals surface area contributed by atoms with Gasteiger partial charge < -0.3 is 5.11 Å². The molecule has 0 bridgehead atoms. The molecule has 0 aliphatic heterocycles. The van der Waals surface area contributed by atoms with Crippen LogP contribution in [0.4, 0.5) is 0 Å². The third-order valence-electron chi connectivity index (χ3n) is 9.82. The van der Waals surface area contributed by atoms with Crippen molar-refractivity contribution in [2.45, 2.75) is 86.0 Å². The molecule has 0 amide bonds. The molecule has 3 aromatic carbocycles. The van der Waals surface area contributed by atoms with Gasteiger partial charge in [0.15, 0.2) is 5.78 Å². The van der Waals surface area contributed by atoms with Gasteiger partial charge in [-0.15, -0.1) is 29.1 Å². The molecule has 1 aliphatic carbocycles. The van der Waals surface area contributed by atoms with Gasteiger partial charge in [-0.25, -0.2) is 0 Å². The molecule has 4 nitrogen and oxygen atoms in total. The molecule has 49 heavy (non-hydrogen) atoms. The summed E-state index contributed by atoms with van der Waals surface area (Å²) < 4.78 is 0. The number of rotatable bonds is 10. The average molecular weight is 830 g/mol. The van der Waals surface area contributed by atoms with E-state index < -0.39 is 0 Å². The minimum Gasteiger partial charge on any atom is -0.512 e. The summed E-state index contributed by atoms with van der Waals surface area (Å²) in [5.74, 6) is 0.982. The number of pyridine rings is 2. The quantitative estimate of drug-likeness (QED) is 0.0865. The fourth-order valence-corrected chi connectivity index (χ4v) is 6.85. The molecular formula is C44H49IrN2O2-. The van der Waals surface area contributed by atoms with Crippen molar-refractivity contribution in [2.75, 3.05) is 0 Å². The first kappa shape index (κ1) is 37.9. The summed E-state index contributed by atoms with van der Waals surface area (Å²) in [5, 5.41) is 12.2. The van der Waals surface area contributed by atoms with Gasteiger partial charge in [0.05, 0.1) is 11.5 Å². The van der Waals surface area contributed by atoms with Crippen molar-refractivity contribution in [3.63, 3.8) is 0 Å². The maximum Gasteiger partial charge on any atom is 0.162 e. The number of ketones is 1. The predicted molar refractivity (Wildman–Crippen MR) is 200 cm³/mol. The number of aliphatic hydroxyl groups is 1. The SMILES string of the molecule is CC(C)c1cc(-c2nccc3c2CCc2cc(-c4ccccc4)ncc2-3)[c-]c2ccccc12.CCC(CC)C(=O)/C=C(\O)C(CC)CC.[Ir]. The maximum absolute atomic E-state index is 11.7. The number of carbonyl (C=O) groups is 1. The molecule has 0 spiro atoms. The second-order valence-corrected chi connectivity index (χ2v) is 13.1. The van der Waals surface area contributed by atoms with E-state index in [0.29, 0.717) is 5.92 Å². The van der Waals surface area contributed by atoms with Crippen LogP contribution in [-0.2, 0) is 37.7 Å². The van der Waals surface area contributed by atoms with E-state index in [4.69, 9.17) is 9.97 Å². The number of nitrogens with zero attached hydrogens (tertiary/aromatic N) is 2. The van der Waals surface area contributed by atoms with Gasteiger partial charge in [0.2, 0.25) is 0 Å². The number of allylic oxidation sites excluding steroid dienone is 2. The number of hydrogen-bond donors (Lipinski definition) is 1. The molecule has 5 heteroatoms. The summed E-state index contributed by atoms with van der Waals surface area (Å²) in [6, 6.07) is 29.3. The third-order valence-corrected chi connectivity index (χ3v) is 9.82. The van der Waals surface area contributed by atoms with Crippen molar-refractivity contribution in [1.29, 1.82) is 0 Å². The Bertz CT molecular complexity index is 1890. The number of hydrogen-bond acceptors (Lipinski definition) is 4. The van der Waals surface area contributed by atoms with Crippen LogP contribution in [0.1, 0.15) is 89.8 Å². The predicted octanol–water partition coefficient (Wildman–Crippen LogP) is 11.5. The number of aryl methyl sites for hydroxylation is 1. The first-order chi connectivity index (χ1) is 23.3. The zero-order valence-electron chi connectivity index (χ0n) is 29.7. The molecule has 1 N–H and O–H groups in total. The molecule has 257 valence electrons. The summed E-state index contributed by atoms with van der Waals surface area (Å²) in [6.07, 6.45) is 10.9. The van der Waals surface area contributed by atoms with Crippen molar-refractivity contribution < 1.29 is 30.0 Å². The molecule has 2 aromatic heterocycles. The molecular weight excluding hydrogens is 781 g/mol. The standard InChI is InChI=1S/C31H25N2.C13H24O2.Ir/c1-20(2)28-17-24(16-22-10-6-7-11-25(22)28)31-27-13-12-23-18-30(21-8-4-3-5-9-21)33-19-29(23)26(27)14-15-32-31;1-5-10(6-2)12(14)9-13(15)11(7-3)8-4;/h3-11,14-15,17-20H,12-13H2,1-2H3;9-11,14H,5-8H2,1-4H3;/q-1;;/b;12-9-;. The van der Waals surface area contributed by atoms with Gasteiger partial charge in [0.25, 0.3) is 0 Å². The van der Waals surface area contributed by atoms with Crippen LogP contribution in [0.2, 0.25) is 0 Å². The van der Waals surface area contributed by atoms with Crippen LogP contribution >= 0.6 is 0 Å². The Morgan fingerprint density at radius 2 is 1.51 bits per heavy atom. The summed E-state index contributed by atoms with van der Waals surface area (Å²) in [7, 11) is 0. The monoisotopic (exact) mass is 830 g/mol. The maximum atomic E-state index is 11.7. The topological polar surface area (TPSA) is 63.1 Å². The summed E-state index contributed by atoms with van der Waals surface area (Å²) >= 11 is 0. The molecule has 0 unspecified atom stereocenters. The first-order valence-corrected chi connectivity index (χ1v) is 17.7. The molecule has 0 fully saturated rings. The largest absolute Gasteiger partial charge is 0.512 e. The molecule has 5 aromatic rings. The van der Waals surface area contributed by atoms with Crippen molar-refractivity contribution in [2.24, 2.45) is 11.8 Å². The molecule has 1 radical (unpaired) electrons. The van der Waals surface area contributed by atoms with Crippen molar-refractivity contribution in [3.05, 3.63) is 120 Å². The Morgan fingerprint density at radius 3 is 2.18 bits per heavy atom. The van der Waals surface area contributed by atoms with Gasteiger partial charge in [-0.1, -0.05) is 101 Å². The van der Waals surface area contributed by atoms with Crippen LogP contribution in [0.15, 0.2) is 97.0 Å². The Hall–Kier alpha value is -3.92. The zero-order valence-corrected chi connectivity index (χ0v) is 32.1. The van der Waals surface area contributed by atoms with Gasteiger partial charge in [-0.3, -0.25) is 14.8 Å². The van der Waals surface area contributed by atoms with E-state index in [1.807, 2.05) is 46.2 Å². The van der Waals surface area contributed by atoms with Crippen molar-refractivity contribution in [1.82, 2.24) is 9.97 Å². The van der Waals surface area contributed by atoms with E-state index in [2.05, 4.69) is 86.6 Å². The van der Waals surface area contributed by atoms with Crippen LogP contribution in [0.5, 0.6) is 0 Å². The van der Waals surface area contributed by atoms with Crippen LogP contribution in [0.3, 0.4) is 0 Å². The molecule has 0 saturated carbocycles. The summed E-state index contributed by atoms with van der Waals surface area (Å²) in [4.78, 5) is 21.4. The first-order valence-electron chi connectivity index (χ1n) is 17.7. The molecule has 2 heterocycles. The Labute approximate surface area is 306 Å². The average Bonchev–Trinajstić information content (AvgIpc) is 3.12. The Kier molecular flexibility index (Phi) is 13.6. The fraction of sp³-hybridized carbons (Fsp3) is 0.341. The Balaban J connectivity index is 0.000000290. The number of fused-ring (bicyclic) bond motifs is 4. The van der Waals surface area contributed by atoms with Gasteiger partial charge in [-0.05, 0) is 73.3 Å². The van der Waals surface area contributed by atoms with Crippen LogP contribution < -0.4 is 0 Å². The Morgan fingerprint density at radius 1 is 0.837 bits per heavy atom. The minimum atomic E-state index is 0. The van der Waals surface area contributed by atoms with E-state index in [-0.39, 0.29) is 43.5 Å². The molecule has 0 saturated heterocycles. The smallest absolute Gasteiger partial charge is 0.162 e. The minimum absolute atomic E-state index is 0. The molecule has 6 rings (SSSR count). The third kappa shape index (κ3) is 8.63. The molecule has 1 aliphatic rings. The van der Waals surface area contributed by atoms with E-state index in [9.17, 15) is 9.90 Å². The van der Waals surface area contributed by atoms with Gasteiger partial charge in [-0.2, -0.15) is 0 Å². The van der Waals surface area contributed by atoms with Crippen LogP contribution in [-0.4, -0.2) is 20.9 Å². The normalized spacial score (nSPS) is 12.3. The second kappa shape index (κ2) is 17.6. The zero-order chi connectivity index (χ0) is 34.2. The number of aromatic nitrogens is 2. The van der Waals surface area contributed by atoms with Gasteiger partial charge >= 0.3 is 0 Å². The van der Waals surface area contributed by atoms with E-state index >= 15 is 0 Å². The van der Waals surface area contributed by atoms with Crippen LogP contribution in [0, 0.1) is 17.9 Å². The molecule has 0 atom stereocenters. The fourth-order valence-electron chi connectivity index (χ4n) is 6.85. The second-order valence-electron chi connectivity index (χ2n) is 13.1. The number of aliphatic hydroxyl groups excluding tert-OH is 1. The van der Waals surface area contributed by atoms with Gasteiger partial charge in [0.1, 0.15) is 0 Å². The number of benzene rings is 3. The van der Waals surface area contributed by atoms with E-state index in [0.717, 1.165) is 66.4 Å². The number of carbonyl (C=O) groups excluding carboxylic acids is 1. The van der Waals surface area contributed by atoms with E-state index in [1.165, 1.54) is 39.3 Å². The van der Waals surface area contributed by atoms with Crippen molar-refractivity contribution >= 4 is 16.6 Å². The summed E-state index contributed by atoms with van der Waals surface area (Å²) in [5.41, 5.74) is 10.8. The van der Waals surface area contributed by atoms with Gasteiger partial charge in [0, 0.05) is 67.2 Å².